The fourth-order valence-corrected chi connectivity index (χ4v) is 2.13. The number of hydrogen-bond acceptors (Lipinski definition) is 1. The second-order valence-electron chi connectivity index (χ2n) is 3.78. The first-order chi connectivity index (χ1) is 8.52. The number of nitrogens with one attached hydrogen (secondary N) is 1. The Labute approximate surface area is 122 Å². The smallest absolute Gasteiger partial charge is 0.220 e. The molecule has 1 rings (SSSR count). The molecule has 0 aliphatic rings. The van der Waals surface area contributed by atoms with Crippen molar-refractivity contribution in [3.05, 3.63) is 45.4 Å². The Hall–Kier alpha value is -0.700. The topological polar surface area (TPSA) is 29.1 Å². The van der Waals surface area contributed by atoms with E-state index in [4.69, 9.17) is 34.8 Å². The Morgan fingerprint density at radius 1 is 1.44 bits per heavy atom. The number of halogens is 3. The molecule has 1 N–H and O–H groups in total. The van der Waals surface area contributed by atoms with Crippen molar-refractivity contribution in [2.45, 2.75) is 19.3 Å². The van der Waals surface area contributed by atoms with Crippen LogP contribution in [0.15, 0.2) is 34.8 Å². The molecule has 18 heavy (non-hydrogen) atoms. The fourth-order valence-electron chi connectivity index (χ4n) is 1.63. The van der Waals surface area contributed by atoms with Crippen LogP contribution in [0, 0.1) is 0 Å². The summed E-state index contributed by atoms with van der Waals surface area (Å²) in [7, 11) is 0. The summed E-state index contributed by atoms with van der Waals surface area (Å²) >= 11 is 17.3. The molecule has 0 aliphatic heterocycles. The van der Waals surface area contributed by atoms with Crippen LogP contribution >= 0.6 is 34.8 Å². The Bertz CT molecular complexity index is 442. The largest absolute Gasteiger partial charge is 0.356 e. The van der Waals surface area contributed by atoms with Crippen LogP contribution in [0.25, 0.3) is 0 Å². The minimum absolute atomic E-state index is 0.0479. The average Bonchev–Trinajstić information content (AvgIpc) is 2.28. The Morgan fingerprint density at radius 2 is 2.17 bits per heavy atom. The summed E-state index contributed by atoms with van der Waals surface area (Å²) in [5.74, 6) is -0.228. The highest BCUT2D eigenvalue weighted by molar-refractivity contribution is 6.55. The first-order valence-electron chi connectivity index (χ1n) is 5.58. The maximum Gasteiger partial charge on any atom is 0.220 e. The first kappa shape index (κ1) is 15.4. The third-order valence-corrected chi connectivity index (χ3v) is 2.87. The van der Waals surface area contributed by atoms with Gasteiger partial charge in [-0.05, 0) is 30.7 Å². The number of amides is 1. The molecule has 0 fully saturated rings. The lowest BCUT2D eigenvalue weighted by atomic mass is 9.95. The van der Waals surface area contributed by atoms with Crippen molar-refractivity contribution in [2.24, 2.45) is 0 Å². The maximum absolute atomic E-state index is 11.6. The van der Waals surface area contributed by atoms with Crippen LogP contribution in [-0.4, -0.2) is 12.5 Å². The number of allylic oxidation sites excluding steroid dienone is 1. The van der Waals surface area contributed by atoms with Crippen LogP contribution in [0.5, 0.6) is 0 Å². The molecule has 0 saturated heterocycles. The maximum atomic E-state index is 11.6. The molecule has 0 aromatic heterocycles. The van der Waals surface area contributed by atoms with Crippen LogP contribution in [0.3, 0.4) is 0 Å². The highest BCUT2D eigenvalue weighted by Crippen LogP contribution is 2.27. The van der Waals surface area contributed by atoms with Gasteiger partial charge >= 0.3 is 0 Å². The number of benzene rings is 1. The van der Waals surface area contributed by atoms with Crippen molar-refractivity contribution in [1.29, 1.82) is 0 Å². The normalized spacial score (nSPS) is 11.8. The van der Waals surface area contributed by atoms with E-state index in [1.54, 1.807) is 18.2 Å². The molecule has 2 nitrogen and oxygen atoms in total. The zero-order valence-corrected chi connectivity index (χ0v) is 12.2. The third kappa shape index (κ3) is 5.30. The van der Waals surface area contributed by atoms with Crippen LogP contribution in [0.4, 0.5) is 0 Å². The molecule has 0 radical (unpaired) electrons. The third-order valence-electron chi connectivity index (χ3n) is 2.38. The SMILES string of the molecule is CCNC(=O)C[C@@H](C=C(Cl)Cl)c1cccc(Cl)c1. The van der Waals surface area contributed by atoms with Gasteiger partial charge in [-0.1, -0.05) is 46.9 Å². The molecule has 0 bridgehead atoms. The van der Waals surface area contributed by atoms with Crippen molar-refractivity contribution in [3.8, 4) is 0 Å². The predicted octanol–water partition coefficient (Wildman–Crippen LogP) is 4.27. The van der Waals surface area contributed by atoms with E-state index >= 15 is 0 Å². The molecule has 1 atom stereocenters. The standard InChI is InChI=1S/C13H14Cl3NO/c1-2-17-13(18)8-10(7-12(15)16)9-4-3-5-11(14)6-9/h3-7,10H,2,8H2,1H3,(H,17,18)/t10-/m1/s1. The van der Waals surface area contributed by atoms with Gasteiger partial charge in [-0.15, -0.1) is 0 Å². The van der Waals surface area contributed by atoms with Crippen molar-refractivity contribution in [2.75, 3.05) is 6.54 Å². The molecule has 0 spiro atoms. The van der Waals surface area contributed by atoms with Crippen LogP contribution in [0.2, 0.25) is 5.02 Å². The summed E-state index contributed by atoms with van der Waals surface area (Å²) in [5, 5.41) is 3.36. The van der Waals surface area contributed by atoms with E-state index < -0.39 is 0 Å². The highest BCUT2D eigenvalue weighted by Gasteiger charge is 2.14. The summed E-state index contributed by atoms with van der Waals surface area (Å²) in [4.78, 5) is 11.6. The van der Waals surface area contributed by atoms with E-state index in [9.17, 15) is 4.79 Å². The van der Waals surface area contributed by atoms with E-state index in [0.29, 0.717) is 11.6 Å². The van der Waals surface area contributed by atoms with Gasteiger partial charge in [0.2, 0.25) is 5.91 Å². The first-order valence-corrected chi connectivity index (χ1v) is 6.71. The second kappa shape index (κ2) is 7.67. The Kier molecular flexibility index (Phi) is 6.55. The van der Waals surface area contributed by atoms with Gasteiger partial charge in [0.05, 0.1) is 0 Å². The van der Waals surface area contributed by atoms with Crippen LogP contribution < -0.4 is 5.32 Å². The quantitative estimate of drug-likeness (QED) is 0.865. The lowest BCUT2D eigenvalue weighted by Crippen LogP contribution is -2.24. The molecule has 0 heterocycles. The van der Waals surface area contributed by atoms with Crippen molar-refractivity contribution < 1.29 is 4.79 Å². The lowest BCUT2D eigenvalue weighted by Gasteiger charge is -2.13. The van der Waals surface area contributed by atoms with Gasteiger partial charge in [-0.25, -0.2) is 0 Å². The molecular formula is C13H14Cl3NO. The van der Waals surface area contributed by atoms with E-state index in [1.807, 2.05) is 19.1 Å². The van der Waals surface area contributed by atoms with Gasteiger partial charge in [0.1, 0.15) is 4.49 Å². The zero-order valence-electron chi connectivity index (χ0n) is 9.92. The van der Waals surface area contributed by atoms with Crippen LogP contribution in [-0.2, 0) is 4.79 Å². The number of rotatable bonds is 5. The van der Waals surface area contributed by atoms with E-state index in [-0.39, 0.29) is 22.7 Å². The lowest BCUT2D eigenvalue weighted by molar-refractivity contribution is -0.121. The van der Waals surface area contributed by atoms with Gasteiger partial charge in [-0.2, -0.15) is 0 Å². The summed E-state index contributed by atoms with van der Waals surface area (Å²) < 4.78 is 0.143. The molecule has 1 aromatic carbocycles. The van der Waals surface area contributed by atoms with Gasteiger partial charge in [0, 0.05) is 23.9 Å². The Morgan fingerprint density at radius 3 is 2.72 bits per heavy atom. The Balaban J connectivity index is 2.91. The fraction of sp³-hybridized carbons (Fsp3) is 0.308. The van der Waals surface area contributed by atoms with E-state index in [1.165, 1.54) is 0 Å². The average molecular weight is 307 g/mol. The van der Waals surface area contributed by atoms with Gasteiger partial charge in [-0.3, -0.25) is 4.79 Å². The van der Waals surface area contributed by atoms with E-state index in [0.717, 1.165) is 5.56 Å². The molecule has 1 aromatic rings. The van der Waals surface area contributed by atoms with Crippen molar-refractivity contribution in [3.63, 3.8) is 0 Å². The molecule has 98 valence electrons. The monoisotopic (exact) mass is 305 g/mol. The molecule has 0 unspecified atom stereocenters. The number of hydrogen-bond donors (Lipinski definition) is 1. The van der Waals surface area contributed by atoms with Gasteiger partial charge in [0.15, 0.2) is 0 Å². The number of carbonyl (C=O) groups is 1. The zero-order chi connectivity index (χ0) is 13.5. The summed E-state index contributed by atoms with van der Waals surface area (Å²) in [6.45, 7) is 2.47. The minimum atomic E-state index is -0.180. The molecule has 5 heteroatoms. The van der Waals surface area contributed by atoms with Crippen molar-refractivity contribution in [1.82, 2.24) is 5.32 Å². The van der Waals surface area contributed by atoms with Crippen molar-refractivity contribution >= 4 is 40.7 Å². The highest BCUT2D eigenvalue weighted by atomic mass is 35.5. The van der Waals surface area contributed by atoms with Crippen LogP contribution in [0.1, 0.15) is 24.8 Å². The molecular weight excluding hydrogens is 293 g/mol. The second-order valence-corrected chi connectivity index (χ2v) is 5.22. The predicted molar refractivity (Wildman–Crippen MR) is 77.3 cm³/mol. The molecule has 0 aliphatic carbocycles. The molecule has 1 amide bonds. The van der Waals surface area contributed by atoms with E-state index in [2.05, 4.69) is 5.32 Å². The van der Waals surface area contributed by atoms with Gasteiger partial charge < -0.3 is 5.32 Å². The minimum Gasteiger partial charge on any atom is -0.356 e. The van der Waals surface area contributed by atoms with Gasteiger partial charge in [0.25, 0.3) is 0 Å². The summed E-state index contributed by atoms with van der Waals surface area (Å²) in [6.07, 6.45) is 1.93. The summed E-state index contributed by atoms with van der Waals surface area (Å²) in [6, 6.07) is 7.31. The molecule has 0 saturated carbocycles. The summed E-state index contributed by atoms with van der Waals surface area (Å²) in [5.41, 5.74) is 0.910. The number of carbonyl (C=O) groups excluding carboxylic acids is 1.